The van der Waals surface area contributed by atoms with Crippen molar-refractivity contribution in [2.75, 3.05) is 11.9 Å². The van der Waals surface area contributed by atoms with Crippen LogP contribution in [0.3, 0.4) is 0 Å². The molecule has 0 radical (unpaired) electrons. The predicted molar refractivity (Wildman–Crippen MR) is 110 cm³/mol. The normalized spacial score (nSPS) is 19.1. The first-order valence-electron chi connectivity index (χ1n) is 9.68. The van der Waals surface area contributed by atoms with E-state index in [1.807, 2.05) is 0 Å². The summed E-state index contributed by atoms with van der Waals surface area (Å²) in [6.45, 7) is 0.298. The number of nitrogens with zero attached hydrogens (tertiary/aromatic N) is 3. The van der Waals surface area contributed by atoms with Gasteiger partial charge >= 0.3 is 12.2 Å². The molecule has 168 valence electrons. The number of anilines is 1. The quantitative estimate of drug-likeness (QED) is 0.506. The number of rotatable bonds is 3. The minimum atomic E-state index is -4.45. The molecule has 1 aliphatic heterocycles. The number of alkyl halides is 3. The van der Waals surface area contributed by atoms with Crippen molar-refractivity contribution in [1.82, 2.24) is 20.2 Å². The summed E-state index contributed by atoms with van der Waals surface area (Å²) in [5.41, 5.74) is 3.27. The molecule has 2 amide bonds. The maximum atomic E-state index is 13.4. The third-order valence-corrected chi connectivity index (χ3v) is 5.37. The number of hydrogen-bond acceptors (Lipinski definition) is 3. The summed E-state index contributed by atoms with van der Waals surface area (Å²) in [5.74, 6) is -0.389. The molecule has 1 aromatic heterocycles. The summed E-state index contributed by atoms with van der Waals surface area (Å²) in [6, 6.07) is 8.89. The molecule has 2 heterocycles. The van der Waals surface area contributed by atoms with E-state index in [-0.39, 0.29) is 17.5 Å². The van der Waals surface area contributed by atoms with E-state index in [0.29, 0.717) is 18.0 Å². The molecule has 4 rings (SSSR count). The molecule has 2 unspecified atom stereocenters. The second-order valence-corrected chi connectivity index (χ2v) is 7.75. The van der Waals surface area contributed by atoms with Crippen LogP contribution in [0.15, 0.2) is 60.9 Å². The lowest BCUT2D eigenvalue weighted by molar-refractivity contribution is -0.137. The molecule has 0 spiro atoms. The largest absolute Gasteiger partial charge is 0.416 e. The van der Waals surface area contributed by atoms with Crippen molar-refractivity contribution in [3.63, 3.8) is 0 Å². The van der Waals surface area contributed by atoms with Crippen molar-refractivity contribution in [3.8, 4) is 0 Å². The third kappa shape index (κ3) is 4.86. The van der Waals surface area contributed by atoms with Crippen LogP contribution in [0.5, 0.6) is 0 Å². The number of amides is 2. The van der Waals surface area contributed by atoms with E-state index in [2.05, 4.69) is 15.8 Å². The zero-order valence-electron chi connectivity index (χ0n) is 16.5. The Morgan fingerprint density at radius 1 is 1.12 bits per heavy atom. The van der Waals surface area contributed by atoms with Crippen LogP contribution < -0.4 is 10.7 Å². The fraction of sp³-hybridized carbons (Fsp3) is 0.238. The molecule has 1 aliphatic rings. The number of halogens is 5. The lowest BCUT2D eigenvalue weighted by atomic mass is 9.95. The van der Waals surface area contributed by atoms with E-state index in [4.69, 9.17) is 11.6 Å². The zero-order valence-corrected chi connectivity index (χ0v) is 17.2. The van der Waals surface area contributed by atoms with Gasteiger partial charge < -0.3 is 5.32 Å². The van der Waals surface area contributed by atoms with E-state index in [0.717, 1.165) is 17.7 Å². The topological polar surface area (TPSA) is 62.2 Å². The molecule has 3 aromatic rings. The van der Waals surface area contributed by atoms with Crippen LogP contribution in [0.4, 0.5) is 28.0 Å². The van der Waals surface area contributed by atoms with Gasteiger partial charge in [-0.3, -0.25) is 9.69 Å². The Morgan fingerprint density at radius 2 is 1.81 bits per heavy atom. The van der Waals surface area contributed by atoms with Crippen LogP contribution in [0.2, 0.25) is 5.02 Å². The highest BCUT2D eigenvalue weighted by Gasteiger charge is 2.34. The van der Waals surface area contributed by atoms with E-state index in [1.54, 1.807) is 23.0 Å². The maximum absolute atomic E-state index is 13.4. The first kappa shape index (κ1) is 22.1. The van der Waals surface area contributed by atoms with Gasteiger partial charge in [0.25, 0.3) is 0 Å². The highest BCUT2D eigenvalue weighted by molar-refractivity contribution is 6.30. The molecule has 0 aliphatic carbocycles. The van der Waals surface area contributed by atoms with E-state index >= 15 is 0 Å². The summed E-state index contributed by atoms with van der Waals surface area (Å²) in [7, 11) is 0. The Balaban J connectivity index is 1.52. The molecular formula is C21H18ClF4N5O. The van der Waals surface area contributed by atoms with Crippen LogP contribution in [0.1, 0.15) is 29.6 Å². The average Bonchev–Trinajstić information content (AvgIpc) is 3.20. The van der Waals surface area contributed by atoms with Gasteiger partial charge in [-0.25, -0.2) is 14.6 Å². The van der Waals surface area contributed by atoms with Crippen LogP contribution >= 0.6 is 11.6 Å². The number of urea groups is 1. The van der Waals surface area contributed by atoms with Crippen LogP contribution in [0, 0.1) is 5.82 Å². The molecule has 0 bridgehead atoms. The van der Waals surface area contributed by atoms with Crippen molar-refractivity contribution < 1.29 is 22.4 Å². The molecule has 2 atom stereocenters. The number of nitrogens with one attached hydrogen (secondary N) is 2. The van der Waals surface area contributed by atoms with Crippen LogP contribution in [0.25, 0.3) is 0 Å². The summed E-state index contributed by atoms with van der Waals surface area (Å²) >= 11 is 6.00. The molecule has 1 saturated heterocycles. The smallest absolute Gasteiger partial charge is 0.307 e. The number of benzene rings is 2. The average molecular weight is 468 g/mol. The van der Waals surface area contributed by atoms with E-state index in [9.17, 15) is 22.4 Å². The van der Waals surface area contributed by atoms with Gasteiger partial charge in [0.15, 0.2) is 0 Å². The van der Waals surface area contributed by atoms with Gasteiger partial charge in [0.2, 0.25) is 0 Å². The maximum Gasteiger partial charge on any atom is 0.416 e. The van der Waals surface area contributed by atoms with Crippen molar-refractivity contribution in [1.29, 1.82) is 0 Å². The van der Waals surface area contributed by atoms with Gasteiger partial charge in [-0.15, -0.1) is 0 Å². The number of hydrazine groups is 1. The molecule has 0 saturated carbocycles. The fourth-order valence-electron chi connectivity index (χ4n) is 3.59. The number of carbonyl (C=O) groups is 1. The Kier molecular flexibility index (Phi) is 6.07. The van der Waals surface area contributed by atoms with Crippen molar-refractivity contribution in [2.24, 2.45) is 0 Å². The van der Waals surface area contributed by atoms with Crippen LogP contribution in [-0.2, 0) is 6.18 Å². The van der Waals surface area contributed by atoms with Crippen molar-refractivity contribution >= 4 is 23.3 Å². The Hall–Kier alpha value is -3.11. The first-order chi connectivity index (χ1) is 15.2. The van der Waals surface area contributed by atoms with Crippen LogP contribution in [-0.4, -0.2) is 27.4 Å². The predicted octanol–water partition coefficient (Wildman–Crippen LogP) is 5.42. The molecule has 2 N–H and O–H groups in total. The molecule has 11 heteroatoms. The summed E-state index contributed by atoms with van der Waals surface area (Å²) in [5, 5.41) is 8.65. The Morgan fingerprint density at radius 3 is 2.41 bits per heavy atom. The van der Waals surface area contributed by atoms with Crippen molar-refractivity contribution in [3.05, 3.63) is 82.9 Å². The molecule has 32 heavy (non-hydrogen) atoms. The summed E-state index contributed by atoms with van der Waals surface area (Å²) in [6.07, 6.45) is -0.771. The molecular weight excluding hydrogens is 450 g/mol. The third-order valence-electron chi connectivity index (χ3n) is 5.18. The number of carbonyl (C=O) groups excluding carboxylic acids is 1. The van der Waals surface area contributed by atoms with Gasteiger partial charge in [-0.05, 0) is 48.4 Å². The van der Waals surface area contributed by atoms with Gasteiger partial charge in [-0.2, -0.15) is 18.3 Å². The summed E-state index contributed by atoms with van der Waals surface area (Å²) < 4.78 is 53.3. The number of aromatic nitrogens is 2. The standard InChI is InChI=1S/C21H18ClF4N5O/c22-15-11-27-31(12-15)18-9-10-30(29-19(18)13-1-5-16(23)6-2-13)20(32)28-17-7-3-14(4-8-17)21(24,25)26/h1-8,11-12,18-19,29H,9-10H2,(H,28,32). The second kappa shape index (κ2) is 8.79. The number of hydrogen-bond donors (Lipinski definition) is 2. The zero-order chi connectivity index (χ0) is 22.9. The lowest BCUT2D eigenvalue weighted by Crippen LogP contribution is -2.53. The van der Waals surface area contributed by atoms with Gasteiger partial charge in [-0.1, -0.05) is 23.7 Å². The minimum absolute atomic E-state index is 0.205. The van der Waals surface area contributed by atoms with E-state index < -0.39 is 23.8 Å². The van der Waals surface area contributed by atoms with E-state index in [1.165, 1.54) is 35.5 Å². The highest BCUT2D eigenvalue weighted by Crippen LogP contribution is 2.34. The lowest BCUT2D eigenvalue weighted by Gasteiger charge is -2.39. The Bertz CT molecular complexity index is 1080. The first-order valence-corrected chi connectivity index (χ1v) is 10.1. The van der Waals surface area contributed by atoms with Gasteiger partial charge in [0.1, 0.15) is 5.82 Å². The van der Waals surface area contributed by atoms with Crippen molar-refractivity contribution in [2.45, 2.75) is 24.7 Å². The van der Waals surface area contributed by atoms with Gasteiger partial charge in [0, 0.05) is 18.4 Å². The highest BCUT2D eigenvalue weighted by atomic mass is 35.5. The summed E-state index contributed by atoms with van der Waals surface area (Å²) in [4.78, 5) is 12.8. The molecule has 6 nitrogen and oxygen atoms in total. The second-order valence-electron chi connectivity index (χ2n) is 7.31. The molecule has 2 aromatic carbocycles. The molecule has 1 fully saturated rings. The monoisotopic (exact) mass is 467 g/mol. The fourth-order valence-corrected chi connectivity index (χ4v) is 3.73. The minimum Gasteiger partial charge on any atom is -0.307 e. The van der Waals surface area contributed by atoms with Gasteiger partial charge in [0.05, 0.1) is 28.9 Å². The SMILES string of the molecule is O=C(Nc1ccc(C(F)(F)F)cc1)N1CCC(n2cc(Cl)cn2)C(c2ccc(F)cc2)N1. The Labute approximate surface area is 185 Å².